The third-order valence-corrected chi connectivity index (χ3v) is 6.68. The number of allylic oxidation sites excluding steroid dienone is 2. The average Bonchev–Trinajstić information content (AvgIpc) is 2.87. The number of carbonyl (C=O) groups is 2. The normalized spacial score (nSPS) is 13.9. The molecule has 0 aliphatic carbocycles. The van der Waals surface area contributed by atoms with E-state index in [4.69, 9.17) is 13.8 Å². The lowest BCUT2D eigenvalue weighted by atomic mass is 10.1. The fourth-order valence-corrected chi connectivity index (χ4v) is 4.23. The molecule has 0 bridgehead atoms. The summed E-state index contributed by atoms with van der Waals surface area (Å²) < 4.78 is 26.4. The number of carbonyl (C=O) groups excluding carboxylic acids is 2. The largest absolute Gasteiger partial charge is 0.472 e. The number of ether oxygens (including phenoxy) is 1. The molecule has 37 heavy (non-hydrogen) atoms. The Hall–Kier alpha value is -1.25. The van der Waals surface area contributed by atoms with Gasteiger partial charge in [0.25, 0.3) is 0 Å². The lowest BCUT2D eigenvalue weighted by molar-refractivity contribution is -0.147. The second-order valence-electron chi connectivity index (χ2n) is 9.37. The first kappa shape index (κ1) is 35.8. The number of aliphatic hydroxyl groups excluding tert-OH is 1. The first-order chi connectivity index (χ1) is 17.8. The van der Waals surface area contributed by atoms with Crippen LogP contribution in [0.3, 0.4) is 0 Å². The summed E-state index contributed by atoms with van der Waals surface area (Å²) in [4.78, 5) is 33.2. The second kappa shape index (κ2) is 25.1. The zero-order valence-corrected chi connectivity index (χ0v) is 24.1. The van der Waals surface area contributed by atoms with Crippen LogP contribution < -0.4 is 5.32 Å². The molecule has 9 nitrogen and oxygen atoms in total. The van der Waals surface area contributed by atoms with Gasteiger partial charge in [-0.15, -0.1) is 0 Å². The summed E-state index contributed by atoms with van der Waals surface area (Å²) in [5.74, 6) is -0.543. The van der Waals surface area contributed by atoms with E-state index in [-0.39, 0.29) is 32.1 Å². The van der Waals surface area contributed by atoms with Gasteiger partial charge in [0, 0.05) is 19.4 Å². The number of phosphoric acid groups is 1. The van der Waals surface area contributed by atoms with E-state index in [2.05, 4.69) is 31.3 Å². The van der Waals surface area contributed by atoms with E-state index in [0.29, 0.717) is 6.42 Å². The number of aliphatic hydroxyl groups is 1. The maximum absolute atomic E-state index is 11.9. The van der Waals surface area contributed by atoms with Gasteiger partial charge in [0.05, 0.1) is 13.2 Å². The monoisotopic (exact) mass is 549 g/mol. The first-order valence-electron chi connectivity index (χ1n) is 14.2. The van der Waals surface area contributed by atoms with Crippen LogP contribution in [0, 0.1) is 0 Å². The molecule has 3 N–H and O–H groups in total. The molecule has 1 amide bonds. The third kappa shape index (κ3) is 26.2. The molecule has 0 aromatic rings. The Balaban J connectivity index is 3.70. The van der Waals surface area contributed by atoms with Crippen LogP contribution in [0.5, 0.6) is 0 Å². The van der Waals surface area contributed by atoms with Crippen molar-refractivity contribution in [3.8, 4) is 0 Å². The highest BCUT2D eigenvalue weighted by atomic mass is 31.2. The number of unbranched alkanes of at least 4 members (excludes halogenated alkanes) is 11. The molecule has 0 aliphatic rings. The van der Waals surface area contributed by atoms with Crippen molar-refractivity contribution in [3.05, 3.63) is 12.2 Å². The van der Waals surface area contributed by atoms with Crippen molar-refractivity contribution in [3.63, 3.8) is 0 Å². The minimum absolute atomic E-state index is 0.0813. The van der Waals surface area contributed by atoms with Crippen molar-refractivity contribution >= 4 is 19.7 Å². The molecule has 0 fully saturated rings. The third-order valence-electron chi connectivity index (χ3n) is 5.70. The number of phosphoric ester groups is 1. The molecule has 0 aromatic carbocycles. The predicted octanol–water partition coefficient (Wildman–Crippen LogP) is 5.98. The van der Waals surface area contributed by atoms with Crippen LogP contribution >= 0.6 is 7.82 Å². The van der Waals surface area contributed by atoms with Crippen LogP contribution in [0.4, 0.5) is 0 Å². The molecule has 0 saturated heterocycles. The summed E-state index contributed by atoms with van der Waals surface area (Å²) in [6.07, 6.45) is 19.0. The Morgan fingerprint density at radius 1 is 0.811 bits per heavy atom. The molecule has 2 unspecified atom stereocenters. The summed E-state index contributed by atoms with van der Waals surface area (Å²) in [5.41, 5.74) is 0. The molecule has 0 heterocycles. The second-order valence-corrected chi connectivity index (χ2v) is 10.8. The van der Waals surface area contributed by atoms with Gasteiger partial charge in [-0.05, 0) is 32.1 Å². The Morgan fingerprint density at radius 2 is 1.41 bits per heavy atom. The number of amides is 1. The van der Waals surface area contributed by atoms with Crippen molar-refractivity contribution in [2.75, 3.05) is 26.4 Å². The molecule has 0 saturated carbocycles. The topological polar surface area (TPSA) is 131 Å². The number of nitrogens with one attached hydrogen (secondary N) is 1. The average molecular weight is 550 g/mol. The molecular weight excluding hydrogens is 497 g/mol. The SMILES string of the molecule is CCCC/C=C\CCCCCCCC(=O)OCC(O)COP(=O)(O)OCCNC(=O)CCCCCCC. The van der Waals surface area contributed by atoms with Crippen molar-refractivity contribution in [1.82, 2.24) is 5.32 Å². The van der Waals surface area contributed by atoms with Crippen LogP contribution in [0.25, 0.3) is 0 Å². The van der Waals surface area contributed by atoms with Crippen LogP contribution in [-0.2, 0) is 27.9 Å². The Labute approximate surface area is 224 Å². The standard InChI is InChI=1S/C27H52NO8P/c1-3-5-7-9-10-11-12-13-14-16-18-20-27(31)34-23-25(29)24-36-37(32,33)35-22-21-28-26(30)19-17-15-8-6-4-2/h9-10,25,29H,3-8,11-24H2,1-2H3,(H,28,30)(H,32,33)/b10-9-. The van der Waals surface area contributed by atoms with Gasteiger partial charge in [-0.2, -0.15) is 0 Å². The van der Waals surface area contributed by atoms with Gasteiger partial charge < -0.3 is 20.1 Å². The molecule has 0 aromatic heterocycles. The number of esters is 1. The number of hydrogen-bond donors (Lipinski definition) is 3. The van der Waals surface area contributed by atoms with E-state index >= 15 is 0 Å². The number of hydrogen-bond acceptors (Lipinski definition) is 7. The van der Waals surface area contributed by atoms with Crippen LogP contribution in [0.2, 0.25) is 0 Å². The summed E-state index contributed by atoms with van der Waals surface area (Å²) in [5, 5.41) is 12.5. The maximum Gasteiger partial charge on any atom is 0.472 e. The minimum Gasteiger partial charge on any atom is -0.463 e. The van der Waals surface area contributed by atoms with E-state index in [0.717, 1.165) is 77.0 Å². The first-order valence-corrected chi connectivity index (χ1v) is 15.7. The summed E-state index contributed by atoms with van der Waals surface area (Å²) in [7, 11) is -4.38. The van der Waals surface area contributed by atoms with Crippen molar-refractivity contribution in [2.24, 2.45) is 0 Å². The Bertz CT molecular complexity index is 644. The molecule has 0 radical (unpaired) electrons. The maximum atomic E-state index is 11.9. The quantitative estimate of drug-likeness (QED) is 0.0520. The molecule has 0 aliphatic heterocycles. The van der Waals surface area contributed by atoms with Gasteiger partial charge in [-0.1, -0.05) is 83.8 Å². The van der Waals surface area contributed by atoms with Gasteiger partial charge in [-0.3, -0.25) is 18.6 Å². The van der Waals surface area contributed by atoms with E-state index in [9.17, 15) is 24.2 Å². The van der Waals surface area contributed by atoms with Gasteiger partial charge in [-0.25, -0.2) is 4.57 Å². The fraction of sp³-hybridized carbons (Fsp3) is 0.852. The van der Waals surface area contributed by atoms with Crippen LogP contribution in [0.1, 0.15) is 117 Å². The van der Waals surface area contributed by atoms with Gasteiger partial charge >= 0.3 is 13.8 Å². The van der Waals surface area contributed by atoms with Crippen molar-refractivity contribution in [1.29, 1.82) is 0 Å². The van der Waals surface area contributed by atoms with Gasteiger partial charge in [0.2, 0.25) is 5.91 Å². The van der Waals surface area contributed by atoms with Crippen molar-refractivity contribution in [2.45, 2.75) is 123 Å². The highest BCUT2D eigenvalue weighted by molar-refractivity contribution is 7.47. The summed E-state index contributed by atoms with van der Waals surface area (Å²) in [6, 6.07) is 0. The molecular formula is C27H52NO8P. The van der Waals surface area contributed by atoms with Gasteiger partial charge in [0.15, 0.2) is 0 Å². The lowest BCUT2D eigenvalue weighted by Gasteiger charge is -2.15. The number of rotatable bonds is 26. The smallest absolute Gasteiger partial charge is 0.463 e. The van der Waals surface area contributed by atoms with E-state index in [1.54, 1.807) is 0 Å². The molecule has 218 valence electrons. The summed E-state index contributed by atoms with van der Waals surface area (Å²) >= 11 is 0. The van der Waals surface area contributed by atoms with Crippen LogP contribution in [0.15, 0.2) is 12.2 Å². The lowest BCUT2D eigenvalue weighted by Crippen LogP contribution is -2.27. The predicted molar refractivity (Wildman–Crippen MR) is 146 cm³/mol. The molecule has 0 rings (SSSR count). The van der Waals surface area contributed by atoms with Crippen LogP contribution in [-0.4, -0.2) is 54.3 Å². The Morgan fingerprint density at radius 3 is 2.11 bits per heavy atom. The van der Waals surface area contributed by atoms with E-state index in [1.807, 2.05) is 0 Å². The highest BCUT2D eigenvalue weighted by Gasteiger charge is 2.23. The van der Waals surface area contributed by atoms with E-state index in [1.165, 1.54) is 12.8 Å². The molecule has 10 heteroatoms. The van der Waals surface area contributed by atoms with Gasteiger partial charge in [0.1, 0.15) is 12.7 Å². The highest BCUT2D eigenvalue weighted by Crippen LogP contribution is 2.42. The Kier molecular flexibility index (Phi) is 24.2. The van der Waals surface area contributed by atoms with E-state index < -0.39 is 26.5 Å². The minimum atomic E-state index is -4.38. The van der Waals surface area contributed by atoms with Crippen molar-refractivity contribution < 1.29 is 37.9 Å². The zero-order valence-electron chi connectivity index (χ0n) is 23.2. The fourth-order valence-electron chi connectivity index (χ4n) is 3.48. The zero-order chi connectivity index (χ0) is 27.6. The summed E-state index contributed by atoms with van der Waals surface area (Å²) in [6.45, 7) is 3.37. The molecule has 0 spiro atoms. The molecule has 2 atom stereocenters.